The molecule has 0 saturated carbocycles. The third kappa shape index (κ3) is 2.67. The van der Waals surface area contributed by atoms with E-state index in [1.165, 1.54) is 42.3 Å². The molecule has 1 N–H and O–H groups in total. The molecule has 21 heavy (non-hydrogen) atoms. The van der Waals surface area contributed by atoms with Crippen molar-refractivity contribution in [2.45, 2.75) is 51.6 Å². The van der Waals surface area contributed by atoms with Gasteiger partial charge in [0.2, 0.25) is 0 Å². The molecule has 1 fully saturated rings. The fourth-order valence-electron chi connectivity index (χ4n) is 3.65. The Labute approximate surface area is 127 Å². The van der Waals surface area contributed by atoms with Gasteiger partial charge in [-0.25, -0.2) is 0 Å². The minimum absolute atomic E-state index is 0.801. The third-order valence-corrected chi connectivity index (χ3v) is 5.04. The number of benzene rings is 1. The number of aromatic amines is 1. The molecule has 1 aromatic carbocycles. The summed E-state index contributed by atoms with van der Waals surface area (Å²) in [6.07, 6.45) is 7.21. The Kier molecular flexibility index (Phi) is 4.20. The van der Waals surface area contributed by atoms with Crippen LogP contribution in [0.4, 0.5) is 0 Å². The maximum Gasteiger partial charge on any atom is 0.119 e. The lowest BCUT2D eigenvalue weighted by Gasteiger charge is -2.48. The molecule has 0 aliphatic carbocycles. The lowest BCUT2D eigenvalue weighted by Crippen LogP contribution is -2.55. The van der Waals surface area contributed by atoms with Gasteiger partial charge in [-0.15, -0.1) is 0 Å². The topological polar surface area (TPSA) is 28.3 Å². The highest BCUT2D eigenvalue weighted by Gasteiger charge is 2.34. The summed E-state index contributed by atoms with van der Waals surface area (Å²) in [5, 5.41) is 1.30. The molecule has 1 saturated heterocycles. The van der Waals surface area contributed by atoms with Crippen molar-refractivity contribution >= 4 is 10.9 Å². The van der Waals surface area contributed by atoms with E-state index in [9.17, 15) is 0 Å². The molecule has 0 amide bonds. The Balaban J connectivity index is 1.73. The monoisotopic (exact) mass is 286 g/mol. The van der Waals surface area contributed by atoms with Crippen LogP contribution >= 0.6 is 0 Å². The molecular formula is C18H26N2O. The van der Waals surface area contributed by atoms with Crippen LogP contribution in [0.1, 0.15) is 38.7 Å². The van der Waals surface area contributed by atoms with Crippen molar-refractivity contribution in [3.8, 4) is 5.75 Å². The number of nitrogens with one attached hydrogen (secondary N) is 1. The zero-order valence-electron chi connectivity index (χ0n) is 13.4. The van der Waals surface area contributed by atoms with Crippen LogP contribution in [-0.4, -0.2) is 35.6 Å². The molecule has 1 aliphatic rings. The summed E-state index contributed by atoms with van der Waals surface area (Å²) in [7, 11) is 1.73. The molecule has 114 valence electrons. The maximum absolute atomic E-state index is 5.35. The highest BCUT2D eigenvalue weighted by molar-refractivity contribution is 5.84. The number of hydrogen-bond acceptors (Lipinski definition) is 2. The normalized spacial score (nSPS) is 22.4. The van der Waals surface area contributed by atoms with Crippen molar-refractivity contribution in [1.29, 1.82) is 0 Å². The number of fused-ring (bicyclic) bond motifs is 1. The standard InChI is InChI=1S/C18H26N2O/c1-4-14-10-15(5-2)20(14)9-8-13-12-19-18-7-6-16(21-3)11-17(13)18/h6-7,11-12,14-15,19H,4-5,8-10H2,1-3H3. The van der Waals surface area contributed by atoms with Crippen molar-refractivity contribution in [3.63, 3.8) is 0 Å². The Bertz CT molecular complexity index is 594. The molecule has 2 unspecified atom stereocenters. The van der Waals surface area contributed by atoms with Gasteiger partial charge in [-0.2, -0.15) is 0 Å². The predicted molar refractivity (Wildman–Crippen MR) is 88.0 cm³/mol. The van der Waals surface area contributed by atoms with Gasteiger partial charge in [0.05, 0.1) is 7.11 Å². The number of ether oxygens (including phenoxy) is 1. The smallest absolute Gasteiger partial charge is 0.119 e. The number of H-pyrrole nitrogens is 1. The highest BCUT2D eigenvalue weighted by Crippen LogP contribution is 2.31. The van der Waals surface area contributed by atoms with Gasteiger partial charge in [-0.3, -0.25) is 4.90 Å². The SMILES string of the molecule is CCC1CC(CC)N1CCc1c[nH]c2ccc(OC)cc12. The van der Waals surface area contributed by atoms with Gasteiger partial charge < -0.3 is 9.72 Å². The van der Waals surface area contributed by atoms with Gasteiger partial charge >= 0.3 is 0 Å². The Morgan fingerprint density at radius 3 is 2.67 bits per heavy atom. The van der Waals surface area contributed by atoms with Crippen LogP contribution < -0.4 is 4.74 Å². The average Bonchev–Trinajstić information content (AvgIpc) is 2.89. The summed E-state index contributed by atoms with van der Waals surface area (Å²) in [4.78, 5) is 6.07. The van der Waals surface area contributed by atoms with Crippen molar-refractivity contribution in [2.75, 3.05) is 13.7 Å². The van der Waals surface area contributed by atoms with E-state index in [4.69, 9.17) is 4.74 Å². The fourth-order valence-corrected chi connectivity index (χ4v) is 3.65. The molecule has 0 bridgehead atoms. The zero-order valence-corrected chi connectivity index (χ0v) is 13.4. The van der Waals surface area contributed by atoms with E-state index in [1.807, 2.05) is 6.07 Å². The highest BCUT2D eigenvalue weighted by atomic mass is 16.5. The molecular weight excluding hydrogens is 260 g/mol. The van der Waals surface area contributed by atoms with Gasteiger partial charge in [-0.1, -0.05) is 13.8 Å². The fraction of sp³-hybridized carbons (Fsp3) is 0.556. The van der Waals surface area contributed by atoms with Gasteiger partial charge in [0.25, 0.3) is 0 Å². The lowest BCUT2D eigenvalue weighted by atomic mass is 9.88. The lowest BCUT2D eigenvalue weighted by molar-refractivity contribution is 0.0121. The minimum atomic E-state index is 0.801. The Morgan fingerprint density at radius 2 is 2.00 bits per heavy atom. The number of rotatable bonds is 6. The summed E-state index contributed by atoms with van der Waals surface area (Å²) in [5.74, 6) is 0.935. The molecule has 2 aromatic rings. The van der Waals surface area contributed by atoms with E-state index in [1.54, 1.807) is 7.11 Å². The van der Waals surface area contributed by atoms with E-state index in [-0.39, 0.29) is 0 Å². The molecule has 3 heteroatoms. The second-order valence-electron chi connectivity index (χ2n) is 6.07. The van der Waals surface area contributed by atoms with Crippen LogP contribution in [0.15, 0.2) is 24.4 Å². The maximum atomic E-state index is 5.35. The van der Waals surface area contributed by atoms with E-state index >= 15 is 0 Å². The molecule has 0 radical (unpaired) electrons. The van der Waals surface area contributed by atoms with Crippen molar-refractivity contribution in [3.05, 3.63) is 30.0 Å². The second kappa shape index (κ2) is 6.10. The minimum Gasteiger partial charge on any atom is -0.497 e. The van der Waals surface area contributed by atoms with Gasteiger partial charge in [0.15, 0.2) is 0 Å². The van der Waals surface area contributed by atoms with Gasteiger partial charge in [0.1, 0.15) is 5.75 Å². The number of hydrogen-bond donors (Lipinski definition) is 1. The first-order valence-electron chi connectivity index (χ1n) is 8.16. The van der Waals surface area contributed by atoms with Gasteiger partial charge in [-0.05, 0) is 49.4 Å². The summed E-state index contributed by atoms with van der Waals surface area (Å²) in [6, 6.07) is 7.86. The summed E-state index contributed by atoms with van der Waals surface area (Å²) < 4.78 is 5.35. The number of nitrogens with zero attached hydrogens (tertiary/aromatic N) is 1. The summed E-state index contributed by atoms with van der Waals surface area (Å²) >= 11 is 0. The predicted octanol–water partition coefficient (Wildman–Crippen LogP) is 3.98. The van der Waals surface area contributed by atoms with Crippen LogP contribution in [0.2, 0.25) is 0 Å². The van der Waals surface area contributed by atoms with Crippen LogP contribution in [0.25, 0.3) is 10.9 Å². The average molecular weight is 286 g/mol. The van der Waals surface area contributed by atoms with Crippen molar-refractivity contribution in [1.82, 2.24) is 9.88 Å². The Hall–Kier alpha value is -1.48. The van der Waals surface area contributed by atoms with Gasteiger partial charge in [0, 0.05) is 35.7 Å². The first kappa shape index (κ1) is 14.5. The van der Waals surface area contributed by atoms with Crippen LogP contribution in [-0.2, 0) is 6.42 Å². The molecule has 2 heterocycles. The largest absolute Gasteiger partial charge is 0.497 e. The summed E-state index contributed by atoms with van der Waals surface area (Å²) in [6.45, 7) is 5.78. The first-order valence-corrected chi connectivity index (χ1v) is 8.16. The van der Waals surface area contributed by atoms with Crippen molar-refractivity contribution < 1.29 is 4.74 Å². The van der Waals surface area contributed by atoms with Crippen LogP contribution in [0.5, 0.6) is 5.75 Å². The molecule has 1 aliphatic heterocycles. The van der Waals surface area contributed by atoms with E-state index in [0.29, 0.717) is 0 Å². The quantitative estimate of drug-likeness (QED) is 0.870. The third-order valence-electron chi connectivity index (χ3n) is 5.04. The van der Waals surface area contributed by atoms with E-state index in [0.717, 1.165) is 24.3 Å². The number of likely N-dealkylation sites (tertiary alicyclic amines) is 1. The van der Waals surface area contributed by atoms with E-state index in [2.05, 4.69) is 42.1 Å². The second-order valence-corrected chi connectivity index (χ2v) is 6.07. The van der Waals surface area contributed by atoms with E-state index < -0.39 is 0 Å². The Morgan fingerprint density at radius 1 is 1.24 bits per heavy atom. The first-order chi connectivity index (χ1) is 10.3. The molecule has 3 nitrogen and oxygen atoms in total. The number of methoxy groups -OCH3 is 1. The molecule has 0 spiro atoms. The van der Waals surface area contributed by atoms with Crippen LogP contribution in [0.3, 0.4) is 0 Å². The molecule has 2 atom stereocenters. The summed E-state index contributed by atoms with van der Waals surface area (Å²) in [5.41, 5.74) is 2.61. The van der Waals surface area contributed by atoms with Crippen LogP contribution in [0, 0.1) is 0 Å². The molecule has 3 rings (SSSR count). The molecule has 1 aromatic heterocycles. The zero-order chi connectivity index (χ0) is 14.8. The number of aromatic nitrogens is 1. The van der Waals surface area contributed by atoms with Crippen molar-refractivity contribution in [2.24, 2.45) is 0 Å².